The topological polar surface area (TPSA) is 21.3 Å². The first-order valence-electron chi connectivity index (χ1n) is 4.22. The molecule has 1 aromatic rings. The highest BCUT2D eigenvalue weighted by Crippen LogP contribution is 2.32. The summed E-state index contributed by atoms with van der Waals surface area (Å²) in [6.45, 7) is 2.86. The SMILES string of the molecule is CNC1COc2ccc(C)cc21. The van der Waals surface area contributed by atoms with Crippen molar-refractivity contribution in [3.05, 3.63) is 29.3 Å². The molecule has 1 atom stereocenters. The predicted molar refractivity (Wildman–Crippen MR) is 48.5 cm³/mol. The summed E-state index contributed by atoms with van der Waals surface area (Å²) in [4.78, 5) is 0. The zero-order valence-corrected chi connectivity index (χ0v) is 7.42. The lowest BCUT2D eigenvalue weighted by molar-refractivity contribution is 0.318. The first-order valence-corrected chi connectivity index (χ1v) is 4.22. The minimum atomic E-state index is 0.375. The smallest absolute Gasteiger partial charge is 0.124 e. The largest absolute Gasteiger partial charge is 0.491 e. The maximum atomic E-state index is 5.49. The Morgan fingerprint density at radius 3 is 3.08 bits per heavy atom. The van der Waals surface area contributed by atoms with Crippen molar-refractivity contribution in [2.75, 3.05) is 13.7 Å². The van der Waals surface area contributed by atoms with Gasteiger partial charge in [0, 0.05) is 5.56 Å². The number of rotatable bonds is 1. The molecule has 2 heteroatoms. The van der Waals surface area contributed by atoms with Crippen molar-refractivity contribution >= 4 is 0 Å². The zero-order chi connectivity index (χ0) is 8.55. The maximum absolute atomic E-state index is 5.49. The molecule has 0 saturated heterocycles. The van der Waals surface area contributed by atoms with E-state index in [9.17, 15) is 0 Å². The maximum Gasteiger partial charge on any atom is 0.124 e. The van der Waals surface area contributed by atoms with Crippen LogP contribution in [0.2, 0.25) is 0 Å². The van der Waals surface area contributed by atoms with E-state index in [2.05, 4.69) is 24.4 Å². The molecule has 12 heavy (non-hydrogen) atoms. The van der Waals surface area contributed by atoms with Crippen molar-refractivity contribution in [2.45, 2.75) is 13.0 Å². The van der Waals surface area contributed by atoms with Crippen LogP contribution in [0.15, 0.2) is 18.2 Å². The third-order valence-corrected chi connectivity index (χ3v) is 2.29. The first kappa shape index (κ1) is 7.62. The molecular formula is C10H13NO. The quantitative estimate of drug-likeness (QED) is 0.679. The molecule has 1 aromatic carbocycles. The molecule has 0 saturated carbocycles. The lowest BCUT2D eigenvalue weighted by Gasteiger charge is -2.06. The fraction of sp³-hybridized carbons (Fsp3) is 0.400. The van der Waals surface area contributed by atoms with Crippen LogP contribution in [0, 0.1) is 6.92 Å². The lowest BCUT2D eigenvalue weighted by Crippen LogP contribution is -2.17. The highest BCUT2D eigenvalue weighted by atomic mass is 16.5. The van der Waals surface area contributed by atoms with Gasteiger partial charge in [-0.05, 0) is 20.0 Å². The third kappa shape index (κ3) is 1.08. The molecule has 64 valence electrons. The lowest BCUT2D eigenvalue weighted by atomic mass is 10.1. The van der Waals surface area contributed by atoms with Gasteiger partial charge >= 0.3 is 0 Å². The summed E-state index contributed by atoms with van der Waals surface area (Å²) in [7, 11) is 1.96. The van der Waals surface area contributed by atoms with Gasteiger partial charge in [0.15, 0.2) is 0 Å². The number of benzene rings is 1. The van der Waals surface area contributed by atoms with E-state index in [4.69, 9.17) is 4.74 Å². The van der Waals surface area contributed by atoms with Gasteiger partial charge in [0.2, 0.25) is 0 Å². The number of aryl methyl sites for hydroxylation is 1. The summed E-state index contributed by atoms with van der Waals surface area (Å²) in [5.41, 5.74) is 2.58. The van der Waals surface area contributed by atoms with Gasteiger partial charge in [-0.15, -0.1) is 0 Å². The van der Waals surface area contributed by atoms with Gasteiger partial charge in [-0.2, -0.15) is 0 Å². The molecule has 0 radical (unpaired) electrons. The van der Waals surface area contributed by atoms with Crippen LogP contribution in [0.4, 0.5) is 0 Å². The van der Waals surface area contributed by atoms with Crippen molar-refractivity contribution in [2.24, 2.45) is 0 Å². The summed E-state index contributed by atoms with van der Waals surface area (Å²) in [5, 5.41) is 3.22. The van der Waals surface area contributed by atoms with Crippen LogP contribution < -0.4 is 10.1 Å². The summed E-state index contributed by atoms with van der Waals surface area (Å²) in [6, 6.07) is 6.68. The van der Waals surface area contributed by atoms with E-state index in [0.717, 1.165) is 12.4 Å². The second-order valence-electron chi connectivity index (χ2n) is 3.19. The van der Waals surface area contributed by atoms with Crippen LogP contribution in [-0.2, 0) is 0 Å². The average Bonchev–Trinajstić information content (AvgIpc) is 2.46. The third-order valence-electron chi connectivity index (χ3n) is 2.29. The van der Waals surface area contributed by atoms with Crippen LogP contribution in [0.5, 0.6) is 5.75 Å². The van der Waals surface area contributed by atoms with E-state index >= 15 is 0 Å². The Balaban J connectivity index is 2.42. The normalized spacial score (nSPS) is 20.3. The van der Waals surface area contributed by atoms with Crippen LogP contribution in [-0.4, -0.2) is 13.7 Å². The first-order chi connectivity index (χ1) is 5.81. The summed E-state index contributed by atoms with van der Waals surface area (Å²) < 4.78 is 5.49. The Morgan fingerprint density at radius 2 is 2.33 bits per heavy atom. The van der Waals surface area contributed by atoms with E-state index in [-0.39, 0.29) is 0 Å². The highest BCUT2D eigenvalue weighted by molar-refractivity contribution is 5.41. The van der Waals surface area contributed by atoms with Crippen LogP contribution in [0.3, 0.4) is 0 Å². The number of fused-ring (bicyclic) bond motifs is 1. The minimum absolute atomic E-state index is 0.375. The van der Waals surface area contributed by atoms with Gasteiger partial charge < -0.3 is 10.1 Å². The number of nitrogens with one attached hydrogen (secondary N) is 1. The van der Waals surface area contributed by atoms with Crippen LogP contribution in [0.1, 0.15) is 17.2 Å². The van der Waals surface area contributed by atoms with E-state index in [0.29, 0.717) is 6.04 Å². The van der Waals surface area contributed by atoms with E-state index in [1.807, 2.05) is 13.1 Å². The minimum Gasteiger partial charge on any atom is -0.491 e. The Bertz CT molecular complexity index is 296. The average molecular weight is 163 g/mol. The number of hydrogen-bond donors (Lipinski definition) is 1. The molecule has 1 N–H and O–H groups in total. The number of ether oxygens (including phenoxy) is 1. The molecule has 1 unspecified atom stereocenters. The molecule has 0 amide bonds. The molecule has 2 nitrogen and oxygen atoms in total. The standard InChI is InChI=1S/C10H13NO/c1-7-3-4-10-8(5-7)9(11-2)6-12-10/h3-5,9,11H,6H2,1-2H3. The summed E-state index contributed by atoms with van der Waals surface area (Å²) in [5.74, 6) is 1.03. The molecule has 1 aliphatic heterocycles. The zero-order valence-electron chi connectivity index (χ0n) is 7.42. The van der Waals surface area contributed by atoms with Crippen molar-refractivity contribution in [3.8, 4) is 5.75 Å². The van der Waals surface area contributed by atoms with Gasteiger partial charge in [-0.1, -0.05) is 17.7 Å². The van der Waals surface area contributed by atoms with Crippen molar-refractivity contribution < 1.29 is 4.74 Å². The predicted octanol–water partition coefficient (Wildman–Crippen LogP) is 1.65. The molecule has 1 aliphatic rings. The van der Waals surface area contributed by atoms with Crippen molar-refractivity contribution in [1.82, 2.24) is 5.32 Å². The van der Waals surface area contributed by atoms with E-state index < -0.39 is 0 Å². The summed E-state index contributed by atoms with van der Waals surface area (Å²) in [6.07, 6.45) is 0. The number of likely N-dealkylation sites (N-methyl/N-ethyl adjacent to an activating group) is 1. The molecule has 0 spiro atoms. The van der Waals surface area contributed by atoms with Gasteiger partial charge in [0.1, 0.15) is 12.4 Å². The van der Waals surface area contributed by atoms with Gasteiger partial charge in [0.25, 0.3) is 0 Å². The molecule has 0 bridgehead atoms. The summed E-state index contributed by atoms with van der Waals surface area (Å²) >= 11 is 0. The second kappa shape index (κ2) is 2.79. The second-order valence-corrected chi connectivity index (χ2v) is 3.19. The van der Waals surface area contributed by atoms with Crippen LogP contribution in [0.25, 0.3) is 0 Å². The molecule has 0 aromatic heterocycles. The fourth-order valence-corrected chi connectivity index (χ4v) is 1.57. The molecule has 0 aliphatic carbocycles. The fourth-order valence-electron chi connectivity index (χ4n) is 1.57. The Hall–Kier alpha value is -1.02. The van der Waals surface area contributed by atoms with Crippen molar-refractivity contribution in [1.29, 1.82) is 0 Å². The van der Waals surface area contributed by atoms with Crippen molar-refractivity contribution in [3.63, 3.8) is 0 Å². The molecular weight excluding hydrogens is 150 g/mol. The number of hydrogen-bond acceptors (Lipinski definition) is 2. The molecule has 1 heterocycles. The van der Waals surface area contributed by atoms with Gasteiger partial charge in [0.05, 0.1) is 6.04 Å². The highest BCUT2D eigenvalue weighted by Gasteiger charge is 2.21. The van der Waals surface area contributed by atoms with Gasteiger partial charge in [-0.3, -0.25) is 0 Å². The molecule has 0 fully saturated rings. The van der Waals surface area contributed by atoms with E-state index in [1.165, 1.54) is 11.1 Å². The van der Waals surface area contributed by atoms with Crippen LogP contribution >= 0.6 is 0 Å². The van der Waals surface area contributed by atoms with Gasteiger partial charge in [-0.25, -0.2) is 0 Å². The Kier molecular flexibility index (Phi) is 1.77. The van der Waals surface area contributed by atoms with E-state index in [1.54, 1.807) is 0 Å². The Morgan fingerprint density at radius 1 is 1.50 bits per heavy atom. The molecule has 2 rings (SSSR count). The monoisotopic (exact) mass is 163 g/mol. The Labute approximate surface area is 72.5 Å².